The average Bonchev–Trinajstić information content (AvgIpc) is 2.96. The standard InChI is InChI=1S/C16H20N2O3/c1-18(10-6-9-16(19)20-2)12-14-11-15(17-21-14)13-7-4-3-5-8-13/h3-5,7-8,11H,6,9-10,12H2,1-2H3. The number of hydrogen-bond donors (Lipinski definition) is 0. The number of benzene rings is 1. The van der Waals surface area contributed by atoms with E-state index in [1.54, 1.807) is 0 Å². The summed E-state index contributed by atoms with van der Waals surface area (Å²) in [5, 5.41) is 4.09. The van der Waals surface area contributed by atoms with Crippen LogP contribution in [-0.2, 0) is 16.1 Å². The molecular formula is C16H20N2O3. The molecule has 0 saturated carbocycles. The molecule has 1 aromatic heterocycles. The number of carbonyl (C=O) groups is 1. The van der Waals surface area contributed by atoms with Gasteiger partial charge < -0.3 is 9.26 Å². The quantitative estimate of drug-likeness (QED) is 0.733. The zero-order chi connectivity index (χ0) is 15.1. The van der Waals surface area contributed by atoms with Gasteiger partial charge in [-0.1, -0.05) is 35.5 Å². The molecule has 21 heavy (non-hydrogen) atoms. The van der Waals surface area contributed by atoms with Crippen molar-refractivity contribution in [3.05, 3.63) is 42.2 Å². The Labute approximate surface area is 124 Å². The first-order chi connectivity index (χ1) is 10.2. The van der Waals surface area contributed by atoms with Crippen LogP contribution >= 0.6 is 0 Å². The minimum absolute atomic E-state index is 0.172. The highest BCUT2D eigenvalue weighted by atomic mass is 16.5. The van der Waals surface area contributed by atoms with Gasteiger partial charge in [-0.2, -0.15) is 0 Å². The number of hydrogen-bond acceptors (Lipinski definition) is 5. The molecule has 0 aliphatic rings. The minimum Gasteiger partial charge on any atom is -0.469 e. The minimum atomic E-state index is -0.172. The molecule has 112 valence electrons. The van der Waals surface area contributed by atoms with Gasteiger partial charge in [-0.15, -0.1) is 0 Å². The smallest absolute Gasteiger partial charge is 0.305 e. The van der Waals surface area contributed by atoms with Gasteiger partial charge in [0.15, 0.2) is 5.76 Å². The van der Waals surface area contributed by atoms with Gasteiger partial charge in [-0.25, -0.2) is 0 Å². The summed E-state index contributed by atoms with van der Waals surface area (Å²) in [6.45, 7) is 1.47. The Balaban J connectivity index is 1.83. The monoisotopic (exact) mass is 288 g/mol. The maximum Gasteiger partial charge on any atom is 0.305 e. The first-order valence-corrected chi connectivity index (χ1v) is 6.95. The number of ether oxygens (including phenoxy) is 1. The molecule has 5 nitrogen and oxygen atoms in total. The fourth-order valence-electron chi connectivity index (χ4n) is 2.07. The summed E-state index contributed by atoms with van der Waals surface area (Å²) in [6, 6.07) is 11.9. The van der Waals surface area contributed by atoms with Gasteiger partial charge in [-0.3, -0.25) is 9.69 Å². The predicted molar refractivity (Wildman–Crippen MR) is 79.5 cm³/mol. The molecule has 0 bridgehead atoms. The molecule has 1 heterocycles. The van der Waals surface area contributed by atoms with Crippen molar-refractivity contribution < 1.29 is 14.1 Å². The van der Waals surface area contributed by atoms with E-state index in [4.69, 9.17) is 4.52 Å². The molecule has 0 N–H and O–H groups in total. The summed E-state index contributed by atoms with van der Waals surface area (Å²) in [5.74, 6) is 0.642. The van der Waals surface area contributed by atoms with E-state index in [-0.39, 0.29) is 5.97 Å². The molecule has 0 aliphatic carbocycles. The van der Waals surface area contributed by atoms with Gasteiger partial charge in [0.2, 0.25) is 0 Å². The van der Waals surface area contributed by atoms with Crippen molar-refractivity contribution in [2.45, 2.75) is 19.4 Å². The molecular weight excluding hydrogens is 268 g/mol. The lowest BCUT2D eigenvalue weighted by Gasteiger charge is -2.13. The molecule has 0 aliphatic heterocycles. The van der Waals surface area contributed by atoms with Gasteiger partial charge in [0.25, 0.3) is 0 Å². The highest BCUT2D eigenvalue weighted by Crippen LogP contribution is 2.19. The maximum atomic E-state index is 11.0. The molecule has 0 spiro atoms. The molecule has 1 aromatic carbocycles. The number of rotatable bonds is 7. The molecule has 2 rings (SSSR count). The van der Waals surface area contributed by atoms with Crippen LogP contribution in [0.25, 0.3) is 11.3 Å². The molecule has 0 fully saturated rings. The lowest BCUT2D eigenvalue weighted by atomic mass is 10.1. The van der Waals surface area contributed by atoms with Crippen molar-refractivity contribution >= 4 is 5.97 Å². The van der Waals surface area contributed by atoms with Crippen LogP contribution in [0.4, 0.5) is 0 Å². The fourth-order valence-corrected chi connectivity index (χ4v) is 2.07. The molecule has 5 heteroatoms. The van der Waals surface area contributed by atoms with Crippen LogP contribution in [0.5, 0.6) is 0 Å². The maximum absolute atomic E-state index is 11.0. The second-order valence-corrected chi connectivity index (χ2v) is 4.96. The summed E-state index contributed by atoms with van der Waals surface area (Å²) in [6.07, 6.45) is 1.20. The summed E-state index contributed by atoms with van der Waals surface area (Å²) >= 11 is 0. The van der Waals surface area contributed by atoms with E-state index in [9.17, 15) is 4.79 Å². The Bertz CT molecular complexity index is 566. The molecule has 0 unspecified atom stereocenters. The largest absolute Gasteiger partial charge is 0.469 e. The first kappa shape index (κ1) is 15.3. The summed E-state index contributed by atoms with van der Waals surface area (Å²) in [7, 11) is 3.40. The van der Waals surface area contributed by atoms with E-state index in [0.29, 0.717) is 13.0 Å². The average molecular weight is 288 g/mol. The van der Waals surface area contributed by atoms with Gasteiger partial charge in [0, 0.05) is 18.1 Å². The van der Waals surface area contributed by atoms with Crippen molar-refractivity contribution in [3.8, 4) is 11.3 Å². The van der Waals surface area contributed by atoms with E-state index < -0.39 is 0 Å². The van der Waals surface area contributed by atoms with Crippen molar-refractivity contribution in [2.75, 3.05) is 20.7 Å². The van der Waals surface area contributed by atoms with Crippen molar-refractivity contribution in [1.29, 1.82) is 0 Å². The Morgan fingerprint density at radius 3 is 2.81 bits per heavy atom. The van der Waals surface area contributed by atoms with Crippen LogP contribution in [0.3, 0.4) is 0 Å². The van der Waals surface area contributed by atoms with Gasteiger partial charge >= 0.3 is 5.97 Å². The second-order valence-electron chi connectivity index (χ2n) is 4.96. The predicted octanol–water partition coefficient (Wildman–Crippen LogP) is 2.73. The lowest BCUT2D eigenvalue weighted by molar-refractivity contribution is -0.140. The number of esters is 1. The number of methoxy groups -OCH3 is 1. The van der Waals surface area contributed by atoms with E-state index in [1.807, 2.05) is 43.4 Å². The first-order valence-electron chi connectivity index (χ1n) is 6.95. The Hall–Kier alpha value is -2.14. The van der Waals surface area contributed by atoms with Crippen molar-refractivity contribution in [3.63, 3.8) is 0 Å². The van der Waals surface area contributed by atoms with Crippen LogP contribution in [0.1, 0.15) is 18.6 Å². The van der Waals surface area contributed by atoms with Crippen LogP contribution in [-0.4, -0.2) is 36.7 Å². The lowest BCUT2D eigenvalue weighted by Crippen LogP contribution is -2.19. The third kappa shape index (κ3) is 4.72. The van der Waals surface area contributed by atoms with Gasteiger partial charge in [0.1, 0.15) is 5.69 Å². The third-order valence-corrected chi connectivity index (χ3v) is 3.20. The van der Waals surface area contributed by atoms with Crippen LogP contribution in [0, 0.1) is 0 Å². The van der Waals surface area contributed by atoms with Gasteiger partial charge in [0.05, 0.1) is 13.7 Å². The summed E-state index contributed by atoms with van der Waals surface area (Å²) < 4.78 is 9.97. The zero-order valence-electron chi connectivity index (χ0n) is 12.4. The summed E-state index contributed by atoms with van der Waals surface area (Å²) in [4.78, 5) is 13.1. The number of aromatic nitrogens is 1. The van der Waals surface area contributed by atoms with E-state index in [0.717, 1.165) is 30.0 Å². The normalized spacial score (nSPS) is 10.8. The highest BCUT2D eigenvalue weighted by molar-refractivity contribution is 5.69. The number of carbonyl (C=O) groups excluding carboxylic acids is 1. The van der Waals surface area contributed by atoms with E-state index in [2.05, 4.69) is 14.8 Å². The number of nitrogens with zero attached hydrogens (tertiary/aromatic N) is 2. The third-order valence-electron chi connectivity index (χ3n) is 3.20. The van der Waals surface area contributed by atoms with Crippen molar-refractivity contribution in [2.24, 2.45) is 0 Å². The Morgan fingerprint density at radius 2 is 2.10 bits per heavy atom. The van der Waals surface area contributed by atoms with Crippen LogP contribution in [0.2, 0.25) is 0 Å². The van der Waals surface area contributed by atoms with Crippen LogP contribution in [0.15, 0.2) is 40.9 Å². The molecule has 0 atom stereocenters. The molecule has 0 amide bonds. The molecule has 0 radical (unpaired) electrons. The summed E-state index contributed by atoms with van der Waals surface area (Å²) in [5.41, 5.74) is 1.88. The molecule has 0 saturated heterocycles. The zero-order valence-corrected chi connectivity index (χ0v) is 12.4. The van der Waals surface area contributed by atoms with E-state index in [1.165, 1.54) is 7.11 Å². The Kier molecular flexibility index (Phi) is 5.51. The molecule has 2 aromatic rings. The second kappa shape index (κ2) is 7.59. The fraction of sp³-hybridized carbons (Fsp3) is 0.375. The SMILES string of the molecule is COC(=O)CCCN(C)Cc1cc(-c2ccccc2)no1. The van der Waals surface area contributed by atoms with E-state index >= 15 is 0 Å². The Morgan fingerprint density at radius 1 is 1.33 bits per heavy atom. The topological polar surface area (TPSA) is 55.6 Å². The van der Waals surface area contributed by atoms with Gasteiger partial charge in [-0.05, 0) is 20.0 Å². The van der Waals surface area contributed by atoms with Crippen LogP contribution < -0.4 is 0 Å². The highest BCUT2D eigenvalue weighted by Gasteiger charge is 2.09. The van der Waals surface area contributed by atoms with Crippen molar-refractivity contribution in [1.82, 2.24) is 10.1 Å².